The molecule has 0 saturated carbocycles. The van der Waals surface area contributed by atoms with Crippen LogP contribution in [0.15, 0.2) is 48.5 Å². The number of nitrogens with zero attached hydrogens (tertiary/aromatic N) is 1. The number of carbonyl (C=O) groups is 1. The molecule has 0 radical (unpaired) electrons. The van der Waals surface area contributed by atoms with Crippen LogP contribution in [0.1, 0.15) is 23.5 Å². The number of aryl methyl sites for hydroxylation is 1. The maximum atomic E-state index is 12.4. The van der Waals surface area contributed by atoms with E-state index in [1.54, 1.807) is 7.11 Å². The predicted octanol–water partition coefficient (Wildman–Crippen LogP) is 4.03. The van der Waals surface area contributed by atoms with E-state index in [4.69, 9.17) is 4.74 Å². The van der Waals surface area contributed by atoms with E-state index in [1.807, 2.05) is 48.2 Å². The van der Waals surface area contributed by atoms with Gasteiger partial charge >= 0.3 is 6.03 Å². The maximum Gasteiger partial charge on any atom is 0.321 e. The molecule has 1 fully saturated rings. The molecule has 1 saturated heterocycles. The van der Waals surface area contributed by atoms with Gasteiger partial charge in [-0.2, -0.15) is 0 Å². The second kappa shape index (κ2) is 6.73. The van der Waals surface area contributed by atoms with E-state index in [-0.39, 0.29) is 6.03 Å². The lowest BCUT2D eigenvalue weighted by Crippen LogP contribution is -2.33. The van der Waals surface area contributed by atoms with Crippen molar-refractivity contribution in [3.05, 3.63) is 59.7 Å². The normalized spacial score (nSPS) is 17.1. The van der Waals surface area contributed by atoms with Crippen LogP contribution in [0.5, 0.6) is 5.75 Å². The summed E-state index contributed by atoms with van der Waals surface area (Å²) in [6.45, 7) is 3.54. The minimum Gasteiger partial charge on any atom is -0.497 e. The molecule has 1 atom stereocenters. The highest BCUT2D eigenvalue weighted by atomic mass is 16.5. The van der Waals surface area contributed by atoms with Crippen LogP contribution < -0.4 is 10.1 Å². The van der Waals surface area contributed by atoms with E-state index >= 15 is 0 Å². The number of amides is 2. The third-order valence-electron chi connectivity index (χ3n) is 4.45. The Labute approximate surface area is 137 Å². The number of methoxy groups -OCH3 is 1. The largest absolute Gasteiger partial charge is 0.497 e. The molecule has 2 aromatic carbocycles. The van der Waals surface area contributed by atoms with Crippen LogP contribution in [0.3, 0.4) is 0 Å². The molecule has 2 aromatic rings. The number of hydrogen-bond acceptors (Lipinski definition) is 2. The zero-order valence-corrected chi connectivity index (χ0v) is 13.6. The first-order valence-electron chi connectivity index (χ1n) is 7.93. The third-order valence-corrected chi connectivity index (χ3v) is 4.45. The topological polar surface area (TPSA) is 41.6 Å². The van der Waals surface area contributed by atoms with Crippen LogP contribution in [-0.4, -0.2) is 31.1 Å². The standard InChI is InChI=1S/C19H22N2O2/c1-14-5-3-4-6-18(14)20-19(22)21-12-11-16(13-21)15-7-9-17(23-2)10-8-15/h3-10,16H,11-13H2,1-2H3,(H,20,22)/t16-/m0/s1. The molecule has 0 unspecified atom stereocenters. The fourth-order valence-electron chi connectivity index (χ4n) is 3.00. The number of anilines is 1. The summed E-state index contributed by atoms with van der Waals surface area (Å²) in [5.41, 5.74) is 3.22. The maximum absolute atomic E-state index is 12.4. The second-order valence-corrected chi connectivity index (χ2v) is 5.95. The number of hydrogen-bond donors (Lipinski definition) is 1. The predicted molar refractivity (Wildman–Crippen MR) is 92.1 cm³/mol. The molecule has 4 heteroatoms. The number of urea groups is 1. The number of ether oxygens (including phenoxy) is 1. The fourth-order valence-corrected chi connectivity index (χ4v) is 3.00. The van der Waals surface area contributed by atoms with Crippen molar-refractivity contribution < 1.29 is 9.53 Å². The molecule has 1 aliphatic heterocycles. The third kappa shape index (κ3) is 3.47. The summed E-state index contributed by atoms with van der Waals surface area (Å²) >= 11 is 0. The Bertz CT molecular complexity index is 682. The highest BCUT2D eigenvalue weighted by Gasteiger charge is 2.27. The van der Waals surface area contributed by atoms with Crippen molar-refractivity contribution in [1.29, 1.82) is 0 Å². The summed E-state index contributed by atoms with van der Waals surface area (Å²) in [6.07, 6.45) is 0.994. The Morgan fingerprint density at radius 3 is 2.61 bits per heavy atom. The first kappa shape index (κ1) is 15.4. The van der Waals surface area contributed by atoms with Crippen molar-refractivity contribution >= 4 is 11.7 Å². The molecule has 3 rings (SSSR count). The molecule has 120 valence electrons. The molecule has 0 aliphatic carbocycles. The van der Waals surface area contributed by atoms with E-state index < -0.39 is 0 Å². The molecule has 0 bridgehead atoms. The van der Waals surface area contributed by atoms with Crippen LogP contribution in [0.25, 0.3) is 0 Å². The summed E-state index contributed by atoms with van der Waals surface area (Å²) in [5.74, 6) is 1.25. The van der Waals surface area contributed by atoms with Crippen molar-refractivity contribution in [1.82, 2.24) is 4.90 Å². The quantitative estimate of drug-likeness (QED) is 0.930. The average molecular weight is 310 g/mol. The zero-order valence-electron chi connectivity index (χ0n) is 13.6. The zero-order chi connectivity index (χ0) is 16.2. The van der Waals surface area contributed by atoms with Crippen molar-refractivity contribution in [2.24, 2.45) is 0 Å². The SMILES string of the molecule is COc1ccc([C@H]2CCN(C(=O)Nc3ccccc3C)C2)cc1. The Balaban J connectivity index is 1.62. The van der Waals surface area contributed by atoms with Gasteiger partial charge in [-0.05, 0) is 42.7 Å². The van der Waals surface area contributed by atoms with Gasteiger partial charge in [-0.1, -0.05) is 30.3 Å². The highest BCUT2D eigenvalue weighted by Crippen LogP contribution is 2.29. The lowest BCUT2D eigenvalue weighted by atomic mass is 9.98. The van der Waals surface area contributed by atoms with Gasteiger partial charge in [0.1, 0.15) is 5.75 Å². The van der Waals surface area contributed by atoms with Crippen LogP contribution in [-0.2, 0) is 0 Å². The molecule has 0 aromatic heterocycles. The number of likely N-dealkylation sites (tertiary alicyclic amines) is 1. The first-order valence-corrected chi connectivity index (χ1v) is 7.93. The molecule has 1 N–H and O–H groups in total. The molecule has 4 nitrogen and oxygen atoms in total. The van der Waals surface area contributed by atoms with Crippen LogP contribution in [0, 0.1) is 6.92 Å². The monoisotopic (exact) mass is 310 g/mol. The minimum absolute atomic E-state index is 0.0182. The smallest absolute Gasteiger partial charge is 0.321 e. The van der Waals surface area contributed by atoms with Gasteiger partial charge in [0.25, 0.3) is 0 Å². The first-order chi connectivity index (χ1) is 11.2. The number of nitrogens with one attached hydrogen (secondary N) is 1. The van der Waals surface area contributed by atoms with Gasteiger partial charge in [-0.3, -0.25) is 0 Å². The van der Waals surface area contributed by atoms with Gasteiger partial charge in [0, 0.05) is 24.7 Å². The number of carbonyl (C=O) groups excluding carboxylic acids is 1. The summed E-state index contributed by atoms with van der Waals surface area (Å²) in [4.78, 5) is 14.3. The fraction of sp³-hybridized carbons (Fsp3) is 0.316. The Morgan fingerprint density at radius 2 is 1.91 bits per heavy atom. The second-order valence-electron chi connectivity index (χ2n) is 5.95. The van der Waals surface area contributed by atoms with Gasteiger partial charge in [0.05, 0.1) is 7.11 Å². The summed E-state index contributed by atoms with van der Waals surface area (Å²) in [7, 11) is 1.67. The number of rotatable bonds is 3. The van der Waals surface area contributed by atoms with E-state index in [0.717, 1.165) is 36.5 Å². The molecular formula is C19H22N2O2. The van der Waals surface area contributed by atoms with Crippen LogP contribution in [0.2, 0.25) is 0 Å². The Hall–Kier alpha value is -2.49. The summed E-state index contributed by atoms with van der Waals surface area (Å²) in [6, 6.07) is 16.0. The summed E-state index contributed by atoms with van der Waals surface area (Å²) < 4.78 is 5.19. The van der Waals surface area contributed by atoms with Gasteiger partial charge in [0.15, 0.2) is 0 Å². The number of benzene rings is 2. The van der Waals surface area contributed by atoms with E-state index in [0.29, 0.717) is 5.92 Å². The van der Waals surface area contributed by atoms with Crippen LogP contribution in [0.4, 0.5) is 10.5 Å². The summed E-state index contributed by atoms with van der Waals surface area (Å²) in [5, 5.41) is 3.01. The lowest BCUT2D eigenvalue weighted by molar-refractivity contribution is 0.222. The van der Waals surface area contributed by atoms with Gasteiger partial charge in [-0.25, -0.2) is 4.79 Å². The van der Waals surface area contributed by atoms with Crippen molar-refractivity contribution in [2.75, 3.05) is 25.5 Å². The minimum atomic E-state index is -0.0182. The molecule has 0 spiro atoms. The van der Waals surface area contributed by atoms with Crippen LogP contribution >= 0.6 is 0 Å². The molecule has 23 heavy (non-hydrogen) atoms. The Kier molecular flexibility index (Phi) is 4.51. The van der Waals surface area contributed by atoms with Crippen molar-refractivity contribution in [3.63, 3.8) is 0 Å². The van der Waals surface area contributed by atoms with Crippen molar-refractivity contribution in [2.45, 2.75) is 19.3 Å². The molecular weight excluding hydrogens is 288 g/mol. The van der Waals surface area contributed by atoms with Crippen molar-refractivity contribution in [3.8, 4) is 5.75 Å². The van der Waals surface area contributed by atoms with Gasteiger partial charge in [-0.15, -0.1) is 0 Å². The molecule has 1 heterocycles. The highest BCUT2D eigenvalue weighted by molar-refractivity contribution is 5.90. The van der Waals surface area contributed by atoms with E-state index in [1.165, 1.54) is 5.56 Å². The molecule has 1 aliphatic rings. The Morgan fingerprint density at radius 1 is 1.17 bits per heavy atom. The van der Waals surface area contributed by atoms with Gasteiger partial charge < -0.3 is 15.0 Å². The van der Waals surface area contributed by atoms with Gasteiger partial charge in [0.2, 0.25) is 0 Å². The molecule has 2 amide bonds. The average Bonchev–Trinajstić information content (AvgIpc) is 3.07. The lowest BCUT2D eigenvalue weighted by Gasteiger charge is -2.18. The van der Waals surface area contributed by atoms with E-state index in [9.17, 15) is 4.79 Å². The van der Waals surface area contributed by atoms with E-state index in [2.05, 4.69) is 17.4 Å². The number of para-hydroxylation sites is 1.